The van der Waals surface area contributed by atoms with Gasteiger partial charge < -0.3 is 4.74 Å². The average molecular weight is 290 g/mol. The van der Waals surface area contributed by atoms with E-state index < -0.39 is 0 Å². The normalized spacial score (nSPS) is 9.80. The second-order valence-corrected chi connectivity index (χ2v) is 4.52. The number of aryl methyl sites for hydroxylation is 1. The Morgan fingerprint density at radius 3 is 2.87 bits per heavy atom. The summed E-state index contributed by atoms with van der Waals surface area (Å²) in [5.74, 6) is 0.551. The molecule has 0 unspecified atom stereocenters. The van der Waals surface area contributed by atoms with Crippen molar-refractivity contribution in [1.29, 1.82) is 0 Å². The Kier molecular flexibility index (Phi) is 4.36. The summed E-state index contributed by atoms with van der Waals surface area (Å²) in [7, 11) is 0. The third-order valence-corrected chi connectivity index (χ3v) is 2.34. The van der Waals surface area contributed by atoms with Gasteiger partial charge in [-0.15, -0.1) is 0 Å². The second-order valence-electron chi connectivity index (χ2n) is 3.06. The monoisotopic (exact) mass is 288 g/mol. The Morgan fingerprint density at radius 2 is 2.33 bits per heavy atom. The molecule has 0 aliphatic heterocycles. The van der Waals surface area contributed by atoms with Crippen molar-refractivity contribution in [3.05, 3.63) is 39.3 Å². The Morgan fingerprint density at radius 1 is 1.67 bits per heavy atom. The third-order valence-electron chi connectivity index (χ3n) is 1.77. The Balaban J connectivity index is 3.04. The van der Waals surface area contributed by atoms with Crippen molar-refractivity contribution in [2.45, 2.75) is 6.92 Å². The van der Waals surface area contributed by atoms with Gasteiger partial charge in [-0.05, 0) is 24.6 Å². The smallest absolute Gasteiger partial charge is 0.153 e. The predicted octanol–water partition coefficient (Wildman–Crippen LogP) is 3.70. The fourth-order valence-corrected chi connectivity index (χ4v) is 1.84. The maximum absolute atomic E-state index is 10.8. The van der Waals surface area contributed by atoms with Gasteiger partial charge in [0.25, 0.3) is 0 Å². The molecule has 0 saturated carbocycles. The van der Waals surface area contributed by atoms with E-state index in [0.717, 1.165) is 16.3 Å². The van der Waals surface area contributed by atoms with Gasteiger partial charge in [0.15, 0.2) is 6.29 Å². The highest BCUT2D eigenvalue weighted by molar-refractivity contribution is 9.10. The number of aldehydes is 1. The first-order valence-corrected chi connectivity index (χ1v) is 5.43. The molecular formula is C11H10BrClO2. The standard InChI is InChI=1S/C11H10BrClO2/c1-7-3-10(12)4-9(5-14)11(7)15-6-8(2)13/h3-5H,2,6H2,1H3. The van der Waals surface area contributed by atoms with Gasteiger partial charge in [0.05, 0.1) is 5.56 Å². The van der Waals surface area contributed by atoms with E-state index in [1.54, 1.807) is 6.07 Å². The molecule has 15 heavy (non-hydrogen) atoms. The van der Waals surface area contributed by atoms with Crippen LogP contribution in [0.2, 0.25) is 0 Å². The van der Waals surface area contributed by atoms with Crippen LogP contribution in [0.1, 0.15) is 15.9 Å². The van der Waals surface area contributed by atoms with Gasteiger partial charge in [-0.1, -0.05) is 34.1 Å². The highest BCUT2D eigenvalue weighted by Gasteiger charge is 2.08. The van der Waals surface area contributed by atoms with Crippen LogP contribution in [0.5, 0.6) is 5.75 Å². The lowest BCUT2D eigenvalue weighted by molar-refractivity contribution is 0.112. The molecule has 0 aliphatic carbocycles. The number of carbonyl (C=O) groups is 1. The SMILES string of the molecule is C=C(Cl)COc1c(C)cc(Br)cc1C=O. The molecule has 4 heteroatoms. The lowest BCUT2D eigenvalue weighted by atomic mass is 10.1. The van der Waals surface area contributed by atoms with Crippen molar-refractivity contribution >= 4 is 33.8 Å². The average Bonchev–Trinajstić information content (AvgIpc) is 2.14. The van der Waals surface area contributed by atoms with Crippen molar-refractivity contribution < 1.29 is 9.53 Å². The Labute approximate surface area is 102 Å². The first-order chi connectivity index (χ1) is 7.04. The third kappa shape index (κ3) is 3.36. The van der Waals surface area contributed by atoms with Gasteiger partial charge in [-0.25, -0.2) is 0 Å². The van der Waals surface area contributed by atoms with Gasteiger partial charge in [0, 0.05) is 9.51 Å². The number of halogens is 2. The van der Waals surface area contributed by atoms with Gasteiger partial charge in [0.1, 0.15) is 12.4 Å². The molecule has 0 aromatic heterocycles. The molecule has 0 bridgehead atoms. The summed E-state index contributed by atoms with van der Waals surface area (Å²) in [6.45, 7) is 5.58. The molecule has 0 N–H and O–H groups in total. The summed E-state index contributed by atoms with van der Waals surface area (Å²) in [5, 5.41) is 0.397. The molecule has 0 aliphatic rings. The maximum atomic E-state index is 10.8. The summed E-state index contributed by atoms with van der Waals surface area (Å²) in [6.07, 6.45) is 0.754. The van der Waals surface area contributed by atoms with Crippen molar-refractivity contribution in [1.82, 2.24) is 0 Å². The van der Waals surface area contributed by atoms with Crippen molar-refractivity contribution in [3.63, 3.8) is 0 Å². The summed E-state index contributed by atoms with van der Waals surface area (Å²) in [5.41, 5.74) is 1.38. The van der Waals surface area contributed by atoms with Crippen LogP contribution >= 0.6 is 27.5 Å². The molecule has 1 aromatic carbocycles. The van der Waals surface area contributed by atoms with Crippen LogP contribution in [0.4, 0.5) is 0 Å². The van der Waals surface area contributed by atoms with Gasteiger partial charge >= 0.3 is 0 Å². The summed E-state index contributed by atoms with van der Waals surface area (Å²) in [4.78, 5) is 10.8. The first-order valence-electron chi connectivity index (χ1n) is 4.26. The second kappa shape index (κ2) is 5.33. The fourth-order valence-electron chi connectivity index (χ4n) is 1.19. The van der Waals surface area contributed by atoms with E-state index in [0.29, 0.717) is 16.3 Å². The summed E-state index contributed by atoms with van der Waals surface area (Å²) in [6, 6.07) is 3.58. The molecule has 1 rings (SSSR count). The van der Waals surface area contributed by atoms with Crippen molar-refractivity contribution in [3.8, 4) is 5.75 Å². The molecule has 80 valence electrons. The zero-order valence-corrected chi connectivity index (χ0v) is 10.6. The quantitative estimate of drug-likeness (QED) is 0.790. The van der Waals surface area contributed by atoms with Crippen LogP contribution < -0.4 is 4.74 Å². The molecule has 0 radical (unpaired) electrons. The number of hydrogen-bond acceptors (Lipinski definition) is 2. The highest BCUT2D eigenvalue weighted by Crippen LogP contribution is 2.27. The van der Waals surface area contributed by atoms with Crippen LogP contribution in [0.15, 0.2) is 28.2 Å². The predicted molar refractivity (Wildman–Crippen MR) is 64.8 cm³/mol. The van der Waals surface area contributed by atoms with Crippen LogP contribution in [0.25, 0.3) is 0 Å². The molecule has 0 heterocycles. The van der Waals surface area contributed by atoms with Crippen LogP contribution in [0.3, 0.4) is 0 Å². The van der Waals surface area contributed by atoms with Gasteiger partial charge in [-0.2, -0.15) is 0 Å². The number of hydrogen-bond donors (Lipinski definition) is 0. The number of benzene rings is 1. The number of carbonyl (C=O) groups excluding carboxylic acids is 1. The zero-order valence-electron chi connectivity index (χ0n) is 8.22. The van der Waals surface area contributed by atoms with Crippen LogP contribution in [-0.4, -0.2) is 12.9 Å². The lowest BCUT2D eigenvalue weighted by Gasteiger charge is -2.11. The van der Waals surface area contributed by atoms with E-state index in [9.17, 15) is 4.79 Å². The fraction of sp³-hybridized carbons (Fsp3) is 0.182. The Bertz CT molecular complexity index is 402. The Hall–Kier alpha value is -0.800. The molecule has 2 nitrogen and oxygen atoms in total. The molecule has 1 aromatic rings. The van der Waals surface area contributed by atoms with Gasteiger partial charge in [0.2, 0.25) is 0 Å². The van der Waals surface area contributed by atoms with E-state index in [2.05, 4.69) is 22.5 Å². The van der Waals surface area contributed by atoms with E-state index >= 15 is 0 Å². The minimum absolute atomic E-state index is 0.199. The molecule has 0 atom stereocenters. The van der Waals surface area contributed by atoms with E-state index in [4.69, 9.17) is 16.3 Å². The summed E-state index contributed by atoms with van der Waals surface area (Å²) < 4.78 is 6.24. The van der Waals surface area contributed by atoms with Crippen molar-refractivity contribution in [2.75, 3.05) is 6.61 Å². The molecule has 0 fully saturated rings. The maximum Gasteiger partial charge on any atom is 0.153 e. The van der Waals surface area contributed by atoms with Crippen LogP contribution in [0, 0.1) is 6.92 Å². The lowest BCUT2D eigenvalue weighted by Crippen LogP contribution is -2.01. The number of rotatable bonds is 4. The minimum atomic E-state index is 0.199. The summed E-state index contributed by atoms with van der Waals surface area (Å²) >= 11 is 8.90. The molecule has 0 amide bonds. The first kappa shape index (κ1) is 12.3. The van der Waals surface area contributed by atoms with Gasteiger partial charge in [-0.3, -0.25) is 4.79 Å². The molecular weight excluding hydrogens is 279 g/mol. The van der Waals surface area contributed by atoms with Crippen molar-refractivity contribution in [2.24, 2.45) is 0 Å². The van der Waals surface area contributed by atoms with Crippen LogP contribution in [-0.2, 0) is 0 Å². The van der Waals surface area contributed by atoms with E-state index in [1.165, 1.54) is 0 Å². The minimum Gasteiger partial charge on any atom is -0.487 e. The highest BCUT2D eigenvalue weighted by atomic mass is 79.9. The largest absolute Gasteiger partial charge is 0.487 e. The van der Waals surface area contributed by atoms with E-state index in [-0.39, 0.29) is 6.61 Å². The zero-order chi connectivity index (χ0) is 11.4. The van der Waals surface area contributed by atoms with E-state index in [1.807, 2.05) is 13.0 Å². The topological polar surface area (TPSA) is 26.3 Å². The molecule has 0 saturated heterocycles. The molecule has 0 spiro atoms. The number of ether oxygens (including phenoxy) is 1.